The summed E-state index contributed by atoms with van der Waals surface area (Å²) >= 11 is 1.53. The number of benzene rings is 1. The van der Waals surface area contributed by atoms with Crippen LogP contribution in [0.2, 0.25) is 0 Å². The van der Waals surface area contributed by atoms with Gasteiger partial charge in [0.25, 0.3) is 5.70 Å². The molecule has 1 heterocycles. The van der Waals surface area contributed by atoms with E-state index in [-0.39, 0.29) is 17.1 Å². The van der Waals surface area contributed by atoms with Crippen LogP contribution in [0.5, 0.6) is 0 Å². The highest BCUT2D eigenvalue weighted by molar-refractivity contribution is 8.03. The van der Waals surface area contributed by atoms with Crippen molar-refractivity contribution in [1.29, 1.82) is 0 Å². The highest BCUT2D eigenvalue weighted by atomic mass is 32.2. The second kappa shape index (κ2) is 6.37. The Kier molecular flexibility index (Phi) is 4.26. The van der Waals surface area contributed by atoms with Gasteiger partial charge in [0.1, 0.15) is 10.8 Å². The summed E-state index contributed by atoms with van der Waals surface area (Å²) < 4.78 is 5.45. The zero-order chi connectivity index (χ0) is 17.3. The Bertz CT molecular complexity index is 852. The highest BCUT2D eigenvalue weighted by Gasteiger charge is 2.26. The third-order valence-electron chi connectivity index (χ3n) is 3.66. The van der Waals surface area contributed by atoms with Gasteiger partial charge in [-0.25, -0.2) is 0 Å². The first kappa shape index (κ1) is 16.1. The summed E-state index contributed by atoms with van der Waals surface area (Å²) in [6.07, 6.45) is 5.20. The number of allylic oxidation sites excluding steroid dienone is 5. The first-order chi connectivity index (χ1) is 11.5. The SMILES string of the molecule is COC(/C=C1\C=C([N+](=O)[O-])C=CC1=O)=C1/Sc2ccccc2N1C. The topological polar surface area (TPSA) is 72.7 Å². The second-order valence-electron chi connectivity index (χ2n) is 5.13. The molecular formula is C17H14N2O4S. The molecule has 0 spiro atoms. The highest BCUT2D eigenvalue weighted by Crippen LogP contribution is 2.46. The van der Waals surface area contributed by atoms with Gasteiger partial charge in [-0.15, -0.1) is 0 Å². The van der Waals surface area contributed by atoms with Crippen LogP contribution in [-0.4, -0.2) is 24.9 Å². The first-order valence-corrected chi connectivity index (χ1v) is 7.92. The third kappa shape index (κ3) is 2.85. The number of nitrogens with zero attached hydrogens (tertiary/aromatic N) is 2. The lowest BCUT2D eigenvalue weighted by molar-refractivity contribution is -0.419. The van der Waals surface area contributed by atoms with E-state index in [1.54, 1.807) is 6.08 Å². The molecule has 122 valence electrons. The predicted molar refractivity (Wildman–Crippen MR) is 92.0 cm³/mol. The number of hydrogen-bond acceptors (Lipinski definition) is 6. The van der Waals surface area contributed by atoms with Gasteiger partial charge in [0.05, 0.1) is 17.7 Å². The lowest BCUT2D eigenvalue weighted by Gasteiger charge is -2.16. The monoisotopic (exact) mass is 342 g/mol. The molecule has 0 saturated heterocycles. The Morgan fingerprint density at radius 2 is 2.08 bits per heavy atom. The number of carbonyl (C=O) groups excluding carboxylic acids is 1. The number of fused-ring (bicyclic) bond motifs is 1. The number of thioether (sulfide) groups is 1. The minimum absolute atomic E-state index is 0.128. The molecule has 3 rings (SSSR count). The van der Waals surface area contributed by atoms with Gasteiger partial charge in [0, 0.05) is 29.7 Å². The Morgan fingerprint density at radius 3 is 2.75 bits per heavy atom. The van der Waals surface area contributed by atoms with E-state index in [2.05, 4.69) is 0 Å². The average molecular weight is 342 g/mol. The number of ketones is 1. The van der Waals surface area contributed by atoms with E-state index in [1.807, 2.05) is 36.2 Å². The Balaban J connectivity index is 2.03. The summed E-state index contributed by atoms with van der Waals surface area (Å²) in [4.78, 5) is 25.4. The van der Waals surface area contributed by atoms with Crippen molar-refractivity contribution in [3.63, 3.8) is 0 Å². The summed E-state index contributed by atoms with van der Waals surface area (Å²) in [5.41, 5.74) is 1.14. The van der Waals surface area contributed by atoms with Gasteiger partial charge < -0.3 is 9.64 Å². The second-order valence-corrected chi connectivity index (χ2v) is 6.16. The number of nitro groups is 1. The van der Waals surface area contributed by atoms with Gasteiger partial charge in [-0.3, -0.25) is 14.9 Å². The Hall–Kier alpha value is -2.80. The van der Waals surface area contributed by atoms with Crippen molar-refractivity contribution < 1.29 is 14.5 Å². The number of ether oxygens (including phenoxy) is 1. The number of para-hydroxylation sites is 1. The summed E-state index contributed by atoms with van der Waals surface area (Å²) in [6, 6.07) is 7.90. The standard InChI is InChI=1S/C17H14N2O4S/c1-18-13-5-3-4-6-16(13)24-17(18)15(23-2)10-11-9-12(19(21)22)7-8-14(11)20/h3-10H,1-2H3/b11-10+,17-15+. The van der Waals surface area contributed by atoms with E-state index in [4.69, 9.17) is 4.74 Å². The fourth-order valence-corrected chi connectivity index (χ4v) is 3.57. The van der Waals surface area contributed by atoms with Crippen molar-refractivity contribution in [2.75, 3.05) is 19.1 Å². The van der Waals surface area contributed by atoms with Crippen molar-refractivity contribution in [1.82, 2.24) is 0 Å². The molecule has 6 nitrogen and oxygen atoms in total. The molecule has 0 unspecified atom stereocenters. The smallest absolute Gasteiger partial charge is 0.270 e. The molecule has 2 aliphatic rings. The molecule has 0 fully saturated rings. The molecule has 0 saturated carbocycles. The molecule has 1 aliphatic heterocycles. The fourth-order valence-electron chi connectivity index (χ4n) is 2.43. The number of methoxy groups -OCH3 is 1. The number of anilines is 1. The van der Waals surface area contributed by atoms with Crippen LogP contribution in [0, 0.1) is 10.1 Å². The minimum atomic E-state index is -0.525. The maximum atomic E-state index is 12.0. The van der Waals surface area contributed by atoms with E-state index in [9.17, 15) is 14.9 Å². The van der Waals surface area contributed by atoms with Crippen molar-refractivity contribution in [3.8, 4) is 0 Å². The zero-order valence-corrected chi connectivity index (χ0v) is 13.9. The van der Waals surface area contributed by atoms with Crippen molar-refractivity contribution in [2.45, 2.75) is 4.90 Å². The molecule has 0 atom stereocenters. The van der Waals surface area contributed by atoms with E-state index >= 15 is 0 Å². The van der Waals surface area contributed by atoms with E-state index < -0.39 is 4.92 Å². The van der Waals surface area contributed by atoms with Crippen LogP contribution in [0.25, 0.3) is 0 Å². The zero-order valence-electron chi connectivity index (χ0n) is 13.1. The quantitative estimate of drug-likeness (QED) is 0.363. The third-order valence-corrected chi connectivity index (χ3v) is 4.89. The van der Waals surface area contributed by atoms with Gasteiger partial charge in [-0.1, -0.05) is 23.9 Å². The molecule has 0 N–H and O–H groups in total. The van der Waals surface area contributed by atoms with E-state index in [0.717, 1.165) is 15.6 Å². The van der Waals surface area contributed by atoms with Crippen LogP contribution < -0.4 is 4.90 Å². The van der Waals surface area contributed by atoms with Crippen molar-refractivity contribution in [3.05, 3.63) is 80.7 Å². The molecule has 24 heavy (non-hydrogen) atoms. The summed E-state index contributed by atoms with van der Waals surface area (Å²) in [5, 5.41) is 11.7. The van der Waals surface area contributed by atoms with Gasteiger partial charge in [-0.05, 0) is 24.3 Å². The van der Waals surface area contributed by atoms with Crippen LogP contribution in [-0.2, 0) is 9.53 Å². The van der Waals surface area contributed by atoms with Crippen molar-refractivity contribution in [2.24, 2.45) is 0 Å². The van der Waals surface area contributed by atoms with Crippen molar-refractivity contribution >= 4 is 23.2 Å². The fraction of sp³-hybridized carbons (Fsp3) is 0.118. The average Bonchev–Trinajstić information content (AvgIpc) is 2.91. The first-order valence-electron chi connectivity index (χ1n) is 7.10. The lowest BCUT2D eigenvalue weighted by Crippen LogP contribution is -2.13. The molecule has 0 aromatic heterocycles. The van der Waals surface area contributed by atoms with Crippen LogP contribution >= 0.6 is 11.8 Å². The summed E-state index contributed by atoms with van der Waals surface area (Å²) in [6.45, 7) is 0. The van der Waals surface area contributed by atoms with Crippen LogP contribution in [0.15, 0.2) is 75.5 Å². The van der Waals surface area contributed by atoms with Crippen LogP contribution in [0.3, 0.4) is 0 Å². The maximum Gasteiger partial charge on any atom is 0.270 e. The summed E-state index contributed by atoms with van der Waals surface area (Å²) in [7, 11) is 3.42. The summed E-state index contributed by atoms with van der Waals surface area (Å²) in [5.74, 6) is 0.190. The van der Waals surface area contributed by atoms with Gasteiger partial charge in [0.2, 0.25) is 0 Å². The molecular weight excluding hydrogens is 328 g/mol. The number of carbonyl (C=O) groups is 1. The van der Waals surface area contributed by atoms with Gasteiger partial charge >= 0.3 is 0 Å². The number of hydrogen-bond donors (Lipinski definition) is 0. The minimum Gasteiger partial charge on any atom is -0.494 e. The molecule has 0 radical (unpaired) electrons. The van der Waals surface area contributed by atoms with Crippen LogP contribution in [0.1, 0.15) is 0 Å². The molecule has 7 heteroatoms. The Morgan fingerprint density at radius 1 is 1.33 bits per heavy atom. The lowest BCUT2D eigenvalue weighted by atomic mass is 10.0. The molecule has 1 aliphatic carbocycles. The molecule has 1 aromatic rings. The molecule has 0 bridgehead atoms. The van der Waals surface area contributed by atoms with Gasteiger partial charge in [0.15, 0.2) is 5.78 Å². The van der Waals surface area contributed by atoms with Gasteiger partial charge in [-0.2, -0.15) is 0 Å². The number of rotatable bonds is 3. The van der Waals surface area contributed by atoms with Crippen LogP contribution in [0.4, 0.5) is 5.69 Å². The largest absolute Gasteiger partial charge is 0.494 e. The Labute approximate surface area is 142 Å². The molecule has 1 aromatic carbocycles. The molecule has 0 amide bonds. The van der Waals surface area contributed by atoms with E-state index in [0.29, 0.717) is 5.76 Å². The normalized spacial score (nSPS) is 20.1. The maximum absolute atomic E-state index is 12.0. The predicted octanol–water partition coefficient (Wildman–Crippen LogP) is 3.27. The van der Waals surface area contributed by atoms with E-state index in [1.165, 1.54) is 37.1 Å².